The van der Waals surface area contributed by atoms with E-state index >= 15 is 0 Å². The predicted octanol–water partition coefficient (Wildman–Crippen LogP) is 1.75. The van der Waals surface area contributed by atoms with Gasteiger partial charge in [0, 0.05) is 29.2 Å². The van der Waals surface area contributed by atoms with Crippen LogP contribution < -0.4 is 10.6 Å². The zero-order chi connectivity index (χ0) is 16.2. The standard InChI is InChI=1S/C15H16N6O2/c1-2-14(22)18-13-8-21(20-19-13)9-15(23)17-11-3-4-12-10(7-11)5-6-16-12/h3-8,16H,2,9H2,1H3,(H,17,23)(H,18,22). The van der Waals surface area contributed by atoms with Gasteiger partial charge in [0.2, 0.25) is 11.8 Å². The van der Waals surface area contributed by atoms with Gasteiger partial charge in [-0.25, -0.2) is 4.68 Å². The third-order valence-corrected chi connectivity index (χ3v) is 3.27. The monoisotopic (exact) mass is 312 g/mol. The number of nitrogens with one attached hydrogen (secondary N) is 3. The first-order valence-electron chi connectivity index (χ1n) is 7.21. The number of carbonyl (C=O) groups is 2. The number of hydrogen-bond acceptors (Lipinski definition) is 4. The van der Waals surface area contributed by atoms with Crippen molar-refractivity contribution in [2.75, 3.05) is 10.6 Å². The van der Waals surface area contributed by atoms with Crippen LogP contribution in [0.15, 0.2) is 36.7 Å². The quantitative estimate of drug-likeness (QED) is 0.667. The van der Waals surface area contributed by atoms with Crippen molar-refractivity contribution in [3.63, 3.8) is 0 Å². The molecule has 23 heavy (non-hydrogen) atoms. The second kappa shape index (κ2) is 6.30. The minimum absolute atomic E-state index is 0.0141. The molecule has 3 aromatic rings. The summed E-state index contributed by atoms with van der Waals surface area (Å²) in [4.78, 5) is 26.4. The van der Waals surface area contributed by atoms with Crippen molar-refractivity contribution in [1.29, 1.82) is 0 Å². The molecule has 118 valence electrons. The highest BCUT2D eigenvalue weighted by Crippen LogP contribution is 2.17. The van der Waals surface area contributed by atoms with Gasteiger partial charge >= 0.3 is 0 Å². The van der Waals surface area contributed by atoms with E-state index in [0.29, 0.717) is 17.9 Å². The summed E-state index contributed by atoms with van der Waals surface area (Å²) in [6, 6.07) is 7.55. The molecule has 0 bridgehead atoms. The van der Waals surface area contributed by atoms with E-state index in [1.807, 2.05) is 30.5 Å². The van der Waals surface area contributed by atoms with Gasteiger partial charge < -0.3 is 15.6 Å². The number of rotatable bonds is 5. The Morgan fingerprint density at radius 3 is 2.91 bits per heavy atom. The third kappa shape index (κ3) is 3.54. The van der Waals surface area contributed by atoms with Crippen LogP contribution in [0, 0.1) is 0 Å². The fourth-order valence-electron chi connectivity index (χ4n) is 2.14. The van der Waals surface area contributed by atoms with Gasteiger partial charge in [-0.1, -0.05) is 12.1 Å². The molecule has 0 aliphatic rings. The molecular weight excluding hydrogens is 296 g/mol. The van der Waals surface area contributed by atoms with Gasteiger partial charge in [0.1, 0.15) is 6.54 Å². The van der Waals surface area contributed by atoms with Crippen molar-refractivity contribution in [2.24, 2.45) is 0 Å². The molecule has 2 amide bonds. The molecule has 2 heterocycles. The molecule has 0 fully saturated rings. The maximum absolute atomic E-state index is 12.0. The first kappa shape index (κ1) is 14.8. The zero-order valence-corrected chi connectivity index (χ0v) is 12.5. The van der Waals surface area contributed by atoms with Crippen LogP contribution in [-0.4, -0.2) is 31.8 Å². The van der Waals surface area contributed by atoms with Crippen LogP contribution in [0.25, 0.3) is 10.9 Å². The Bertz CT molecular complexity index is 850. The molecule has 0 aliphatic carbocycles. The minimum Gasteiger partial charge on any atom is -0.361 e. The van der Waals surface area contributed by atoms with Crippen molar-refractivity contribution in [1.82, 2.24) is 20.0 Å². The number of anilines is 2. The molecule has 0 unspecified atom stereocenters. The number of aromatic nitrogens is 4. The predicted molar refractivity (Wildman–Crippen MR) is 85.9 cm³/mol. The van der Waals surface area contributed by atoms with Gasteiger partial charge in [-0.15, -0.1) is 5.10 Å². The van der Waals surface area contributed by atoms with Crippen molar-refractivity contribution in [3.8, 4) is 0 Å². The molecule has 0 saturated heterocycles. The molecule has 0 aliphatic heterocycles. The van der Waals surface area contributed by atoms with Gasteiger partial charge in [0.15, 0.2) is 5.82 Å². The first-order chi connectivity index (χ1) is 11.1. The smallest absolute Gasteiger partial charge is 0.246 e. The summed E-state index contributed by atoms with van der Waals surface area (Å²) in [6.45, 7) is 1.76. The molecule has 0 atom stereocenters. The highest BCUT2D eigenvalue weighted by atomic mass is 16.2. The highest BCUT2D eigenvalue weighted by Gasteiger charge is 2.08. The van der Waals surface area contributed by atoms with Gasteiger partial charge in [-0.3, -0.25) is 9.59 Å². The normalized spacial score (nSPS) is 10.7. The number of fused-ring (bicyclic) bond motifs is 1. The average molecular weight is 312 g/mol. The number of carbonyl (C=O) groups excluding carboxylic acids is 2. The largest absolute Gasteiger partial charge is 0.361 e. The summed E-state index contributed by atoms with van der Waals surface area (Å²) in [7, 11) is 0. The van der Waals surface area contributed by atoms with Crippen LogP contribution in [0.1, 0.15) is 13.3 Å². The lowest BCUT2D eigenvalue weighted by atomic mass is 10.2. The van der Waals surface area contributed by atoms with Gasteiger partial charge in [0.25, 0.3) is 0 Å². The van der Waals surface area contributed by atoms with E-state index in [-0.39, 0.29) is 18.4 Å². The van der Waals surface area contributed by atoms with Crippen molar-refractivity contribution in [3.05, 3.63) is 36.7 Å². The highest BCUT2D eigenvalue weighted by molar-refractivity contribution is 5.93. The molecule has 8 nitrogen and oxygen atoms in total. The number of benzene rings is 1. The van der Waals surface area contributed by atoms with Crippen molar-refractivity contribution in [2.45, 2.75) is 19.9 Å². The van der Waals surface area contributed by atoms with Gasteiger partial charge in [0.05, 0.1) is 6.20 Å². The Morgan fingerprint density at radius 2 is 2.09 bits per heavy atom. The summed E-state index contributed by atoms with van der Waals surface area (Å²) < 4.78 is 1.37. The maximum atomic E-state index is 12.0. The van der Waals surface area contributed by atoms with E-state index in [2.05, 4.69) is 25.9 Å². The van der Waals surface area contributed by atoms with E-state index in [9.17, 15) is 9.59 Å². The van der Waals surface area contributed by atoms with Crippen LogP contribution >= 0.6 is 0 Å². The second-order valence-corrected chi connectivity index (χ2v) is 5.03. The third-order valence-electron chi connectivity index (χ3n) is 3.27. The Morgan fingerprint density at radius 1 is 1.22 bits per heavy atom. The lowest BCUT2D eigenvalue weighted by Gasteiger charge is -2.05. The average Bonchev–Trinajstić information content (AvgIpc) is 3.15. The summed E-state index contributed by atoms with van der Waals surface area (Å²) >= 11 is 0. The van der Waals surface area contributed by atoms with Gasteiger partial charge in [-0.05, 0) is 24.3 Å². The Balaban J connectivity index is 1.61. The fourth-order valence-corrected chi connectivity index (χ4v) is 2.14. The molecule has 2 aromatic heterocycles. The number of aromatic amines is 1. The van der Waals surface area contributed by atoms with E-state index in [1.165, 1.54) is 10.9 Å². The van der Waals surface area contributed by atoms with E-state index in [1.54, 1.807) is 6.92 Å². The Kier molecular flexibility index (Phi) is 4.05. The number of H-pyrrole nitrogens is 1. The van der Waals surface area contributed by atoms with Crippen LogP contribution in [-0.2, 0) is 16.1 Å². The van der Waals surface area contributed by atoms with Crippen LogP contribution in [0.2, 0.25) is 0 Å². The van der Waals surface area contributed by atoms with Gasteiger partial charge in [-0.2, -0.15) is 0 Å². The number of hydrogen-bond donors (Lipinski definition) is 3. The molecule has 3 N–H and O–H groups in total. The lowest BCUT2D eigenvalue weighted by molar-refractivity contribution is -0.117. The van der Waals surface area contributed by atoms with Crippen molar-refractivity contribution >= 4 is 34.2 Å². The molecule has 0 saturated carbocycles. The topological polar surface area (TPSA) is 105 Å². The molecule has 3 rings (SSSR count). The van der Waals surface area contributed by atoms with E-state index in [4.69, 9.17) is 0 Å². The second-order valence-electron chi connectivity index (χ2n) is 5.03. The molecule has 1 aromatic carbocycles. The lowest BCUT2D eigenvalue weighted by Crippen LogP contribution is -2.19. The molecular formula is C15H16N6O2. The molecule has 8 heteroatoms. The van der Waals surface area contributed by atoms with Crippen LogP contribution in [0.3, 0.4) is 0 Å². The Hall–Kier alpha value is -3.16. The van der Waals surface area contributed by atoms with E-state index in [0.717, 1.165) is 10.9 Å². The fraction of sp³-hybridized carbons (Fsp3) is 0.200. The summed E-state index contributed by atoms with van der Waals surface area (Å²) in [6.07, 6.45) is 3.72. The summed E-state index contributed by atoms with van der Waals surface area (Å²) in [5.41, 5.74) is 1.72. The van der Waals surface area contributed by atoms with E-state index < -0.39 is 0 Å². The zero-order valence-electron chi connectivity index (χ0n) is 12.5. The first-order valence-corrected chi connectivity index (χ1v) is 7.21. The Labute approximate surface area is 131 Å². The minimum atomic E-state index is -0.224. The molecule has 0 radical (unpaired) electrons. The summed E-state index contributed by atoms with van der Waals surface area (Å²) in [5.74, 6) is -0.0437. The maximum Gasteiger partial charge on any atom is 0.246 e. The van der Waals surface area contributed by atoms with Crippen molar-refractivity contribution < 1.29 is 9.59 Å². The number of nitrogens with zero attached hydrogens (tertiary/aromatic N) is 3. The number of amides is 2. The van der Waals surface area contributed by atoms with Crippen LogP contribution in [0.4, 0.5) is 11.5 Å². The summed E-state index contributed by atoms with van der Waals surface area (Å²) in [5, 5.41) is 14.0. The molecule has 0 spiro atoms. The van der Waals surface area contributed by atoms with Crippen LogP contribution in [0.5, 0.6) is 0 Å². The SMILES string of the molecule is CCC(=O)Nc1cn(CC(=O)Nc2ccc3[nH]ccc3c2)nn1.